The Morgan fingerprint density at radius 2 is 1.89 bits per heavy atom. The number of benzene rings is 2. The normalized spacial score (nSPS) is 10.3. The number of aryl methyl sites for hydroxylation is 1. The SMILES string of the molecule is COc1ccc(COc2cc(C)ccc2N)cc1Br. The summed E-state index contributed by atoms with van der Waals surface area (Å²) in [4.78, 5) is 0. The largest absolute Gasteiger partial charge is 0.496 e. The number of nitrogens with two attached hydrogens (primary N) is 1. The molecule has 0 aliphatic carbocycles. The van der Waals surface area contributed by atoms with Crippen LogP contribution in [0.1, 0.15) is 11.1 Å². The lowest BCUT2D eigenvalue weighted by Crippen LogP contribution is -1.99. The van der Waals surface area contributed by atoms with Gasteiger partial charge in [-0.25, -0.2) is 0 Å². The average Bonchev–Trinajstić information content (AvgIpc) is 2.40. The molecule has 2 rings (SSSR count). The van der Waals surface area contributed by atoms with E-state index in [9.17, 15) is 0 Å². The van der Waals surface area contributed by atoms with Crippen molar-refractivity contribution < 1.29 is 9.47 Å². The Morgan fingerprint density at radius 3 is 2.58 bits per heavy atom. The molecule has 0 radical (unpaired) electrons. The molecule has 0 fully saturated rings. The molecule has 0 aliphatic heterocycles. The Bertz CT molecular complexity index is 584. The minimum atomic E-state index is 0.468. The maximum absolute atomic E-state index is 5.87. The molecule has 19 heavy (non-hydrogen) atoms. The molecular weight excluding hydrogens is 306 g/mol. The molecule has 2 aromatic carbocycles. The quantitative estimate of drug-likeness (QED) is 0.868. The first kappa shape index (κ1) is 13.7. The van der Waals surface area contributed by atoms with Crippen molar-refractivity contribution in [2.45, 2.75) is 13.5 Å². The minimum Gasteiger partial charge on any atom is -0.496 e. The van der Waals surface area contributed by atoms with Crippen LogP contribution in [0.5, 0.6) is 11.5 Å². The number of anilines is 1. The van der Waals surface area contributed by atoms with E-state index in [1.807, 2.05) is 43.3 Å². The highest BCUT2D eigenvalue weighted by molar-refractivity contribution is 9.10. The molecule has 0 saturated heterocycles. The van der Waals surface area contributed by atoms with Crippen molar-refractivity contribution in [3.8, 4) is 11.5 Å². The van der Waals surface area contributed by atoms with Crippen LogP contribution in [0.2, 0.25) is 0 Å². The fraction of sp³-hybridized carbons (Fsp3) is 0.200. The summed E-state index contributed by atoms with van der Waals surface area (Å²) in [5.74, 6) is 1.52. The average molecular weight is 322 g/mol. The van der Waals surface area contributed by atoms with Gasteiger partial charge in [0.2, 0.25) is 0 Å². The second kappa shape index (κ2) is 5.97. The lowest BCUT2D eigenvalue weighted by molar-refractivity contribution is 0.307. The molecule has 2 aromatic rings. The third-order valence-electron chi connectivity index (χ3n) is 2.78. The zero-order valence-corrected chi connectivity index (χ0v) is 12.5. The van der Waals surface area contributed by atoms with Crippen molar-refractivity contribution in [2.24, 2.45) is 0 Å². The number of hydrogen-bond donors (Lipinski definition) is 1. The van der Waals surface area contributed by atoms with E-state index < -0.39 is 0 Å². The third kappa shape index (κ3) is 3.41. The summed E-state index contributed by atoms with van der Waals surface area (Å²) in [6.07, 6.45) is 0. The van der Waals surface area contributed by atoms with E-state index in [1.54, 1.807) is 7.11 Å². The summed E-state index contributed by atoms with van der Waals surface area (Å²) < 4.78 is 11.8. The predicted molar refractivity (Wildman–Crippen MR) is 80.6 cm³/mol. The summed E-state index contributed by atoms with van der Waals surface area (Å²) >= 11 is 3.45. The maximum atomic E-state index is 5.87. The molecule has 2 N–H and O–H groups in total. The molecule has 3 nitrogen and oxygen atoms in total. The van der Waals surface area contributed by atoms with Gasteiger partial charge in [-0.15, -0.1) is 0 Å². The molecule has 0 aromatic heterocycles. The number of methoxy groups -OCH3 is 1. The van der Waals surface area contributed by atoms with Gasteiger partial charge in [0.1, 0.15) is 18.1 Å². The van der Waals surface area contributed by atoms with Gasteiger partial charge in [-0.2, -0.15) is 0 Å². The Morgan fingerprint density at radius 1 is 1.11 bits per heavy atom. The summed E-state index contributed by atoms with van der Waals surface area (Å²) in [6, 6.07) is 11.6. The van der Waals surface area contributed by atoms with Crippen LogP contribution in [-0.2, 0) is 6.61 Å². The van der Waals surface area contributed by atoms with Gasteiger partial charge in [0, 0.05) is 0 Å². The molecule has 100 valence electrons. The Balaban J connectivity index is 2.10. The summed E-state index contributed by atoms with van der Waals surface area (Å²) in [5.41, 5.74) is 8.70. The molecule has 0 amide bonds. The summed E-state index contributed by atoms with van der Waals surface area (Å²) in [7, 11) is 1.64. The van der Waals surface area contributed by atoms with Crippen molar-refractivity contribution in [2.75, 3.05) is 12.8 Å². The van der Waals surface area contributed by atoms with Crippen molar-refractivity contribution >= 4 is 21.6 Å². The molecule has 0 saturated carbocycles. The molecule has 0 aliphatic rings. The van der Waals surface area contributed by atoms with Crippen LogP contribution in [0.3, 0.4) is 0 Å². The Labute approximate surface area is 121 Å². The van der Waals surface area contributed by atoms with Crippen LogP contribution in [-0.4, -0.2) is 7.11 Å². The minimum absolute atomic E-state index is 0.468. The van der Waals surface area contributed by atoms with Gasteiger partial charge in [0.25, 0.3) is 0 Å². The van der Waals surface area contributed by atoms with Gasteiger partial charge in [-0.3, -0.25) is 0 Å². The molecule has 0 bridgehead atoms. The van der Waals surface area contributed by atoms with E-state index in [4.69, 9.17) is 15.2 Å². The number of nitrogen functional groups attached to an aromatic ring is 1. The Kier molecular flexibility index (Phi) is 4.32. The topological polar surface area (TPSA) is 44.5 Å². The van der Waals surface area contributed by atoms with Gasteiger partial charge in [0.15, 0.2) is 0 Å². The van der Waals surface area contributed by atoms with Crippen LogP contribution in [0, 0.1) is 6.92 Å². The molecule has 0 spiro atoms. The lowest BCUT2D eigenvalue weighted by Gasteiger charge is -2.11. The predicted octanol–water partition coefficient (Wildman–Crippen LogP) is 3.93. The molecule has 4 heteroatoms. The summed E-state index contributed by atoms with van der Waals surface area (Å²) in [5, 5.41) is 0. The van der Waals surface area contributed by atoms with Gasteiger partial charge in [-0.1, -0.05) is 12.1 Å². The smallest absolute Gasteiger partial charge is 0.142 e. The van der Waals surface area contributed by atoms with Gasteiger partial charge < -0.3 is 15.2 Å². The lowest BCUT2D eigenvalue weighted by atomic mass is 10.2. The second-order valence-electron chi connectivity index (χ2n) is 4.30. The van der Waals surface area contributed by atoms with E-state index in [-0.39, 0.29) is 0 Å². The van der Waals surface area contributed by atoms with Crippen LogP contribution >= 0.6 is 15.9 Å². The van der Waals surface area contributed by atoms with Crippen molar-refractivity contribution in [1.82, 2.24) is 0 Å². The molecule has 0 unspecified atom stereocenters. The van der Waals surface area contributed by atoms with Crippen molar-refractivity contribution in [1.29, 1.82) is 0 Å². The van der Waals surface area contributed by atoms with Gasteiger partial charge >= 0.3 is 0 Å². The van der Waals surface area contributed by atoms with Gasteiger partial charge in [-0.05, 0) is 58.2 Å². The number of ether oxygens (including phenoxy) is 2. The van der Waals surface area contributed by atoms with Crippen LogP contribution in [0.25, 0.3) is 0 Å². The van der Waals surface area contributed by atoms with Crippen LogP contribution in [0.4, 0.5) is 5.69 Å². The van der Waals surface area contributed by atoms with Crippen molar-refractivity contribution in [3.63, 3.8) is 0 Å². The highest BCUT2D eigenvalue weighted by Gasteiger charge is 2.04. The highest BCUT2D eigenvalue weighted by atomic mass is 79.9. The summed E-state index contributed by atoms with van der Waals surface area (Å²) in [6.45, 7) is 2.48. The first-order valence-corrected chi connectivity index (χ1v) is 6.71. The maximum Gasteiger partial charge on any atom is 0.142 e. The van der Waals surface area contributed by atoms with E-state index in [1.165, 1.54) is 0 Å². The Hall–Kier alpha value is -1.68. The van der Waals surface area contributed by atoms with E-state index in [2.05, 4.69) is 15.9 Å². The van der Waals surface area contributed by atoms with Crippen molar-refractivity contribution in [3.05, 3.63) is 52.0 Å². The first-order chi connectivity index (χ1) is 9.10. The van der Waals surface area contributed by atoms with Gasteiger partial charge in [0.05, 0.1) is 17.3 Å². The van der Waals surface area contributed by atoms with E-state index >= 15 is 0 Å². The van der Waals surface area contributed by atoms with E-state index in [0.717, 1.165) is 21.3 Å². The highest BCUT2D eigenvalue weighted by Crippen LogP contribution is 2.27. The van der Waals surface area contributed by atoms with E-state index in [0.29, 0.717) is 18.0 Å². The first-order valence-electron chi connectivity index (χ1n) is 5.91. The standard InChI is InChI=1S/C15H16BrNO2/c1-10-3-5-13(17)15(7-10)19-9-11-4-6-14(18-2)12(16)8-11/h3-8H,9,17H2,1-2H3. The zero-order valence-electron chi connectivity index (χ0n) is 10.9. The third-order valence-corrected chi connectivity index (χ3v) is 3.40. The molecule has 0 atom stereocenters. The fourth-order valence-corrected chi connectivity index (χ4v) is 2.32. The second-order valence-corrected chi connectivity index (χ2v) is 5.15. The number of rotatable bonds is 4. The molecular formula is C15H16BrNO2. The number of halogens is 1. The monoisotopic (exact) mass is 321 g/mol. The van der Waals surface area contributed by atoms with Crippen LogP contribution < -0.4 is 15.2 Å². The fourth-order valence-electron chi connectivity index (χ4n) is 1.73. The van der Waals surface area contributed by atoms with Crippen LogP contribution in [0.15, 0.2) is 40.9 Å². The number of hydrogen-bond acceptors (Lipinski definition) is 3. The molecule has 0 heterocycles. The zero-order chi connectivity index (χ0) is 13.8.